The van der Waals surface area contributed by atoms with Crippen LogP contribution in [0.25, 0.3) is 0 Å². The number of aromatic nitrogens is 1. The molecule has 0 amide bonds. The molecule has 1 N–H and O–H groups in total. The topological polar surface area (TPSA) is 76.5 Å². The standard InChI is InChI=1S/C21H16BCl2NO4/c1-12-5-7-14(10-17(12)23)22(15-8-6-13(2)18(24)11-15)29-21(28)19-16(20(26)27)4-3-9-25-19/h3-11H,1-2H3,(H,26,27). The lowest BCUT2D eigenvalue weighted by Crippen LogP contribution is -2.46. The number of pyridine rings is 1. The van der Waals surface area contributed by atoms with E-state index in [4.69, 9.17) is 27.9 Å². The first-order chi connectivity index (χ1) is 13.8. The smallest absolute Gasteiger partial charge is 0.430 e. The predicted molar refractivity (Wildman–Crippen MR) is 114 cm³/mol. The maximum atomic E-state index is 12.8. The highest BCUT2D eigenvalue weighted by atomic mass is 35.5. The van der Waals surface area contributed by atoms with Crippen molar-refractivity contribution in [1.82, 2.24) is 4.98 Å². The van der Waals surface area contributed by atoms with Gasteiger partial charge in [-0.3, -0.25) is 0 Å². The Morgan fingerprint density at radius 2 is 1.52 bits per heavy atom. The zero-order chi connectivity index (χ0) is 21.1. The number of hydrogen-bond acceptors (Lipinski definition) is 4. The lowest BCUT2D eigenvalue weighted by atomic mass is 9.55. The zero-order valence-electron chi connectivity index (χ0n) is 15.6. The summed E-state index contributed by atoms with van der Waals surface area (Å²) >= 11 is 12.5. The van der Waals surface area contributed by atoms with Gasteiger partial charge in [0, 0.05) is 16.2 Å². The summed E-state index contributed by atoms with van der Waals surface area (Å²) in [6, 6.07) is 13.4. The Hall–Kier alpha value is -2.83. The molecule has 3 rings (SSSR count). The van der Waals surface area contributed by atoms with Gasteiger partial charge in [0.05, 0.1) is 5.56 Å². The van der Waals surface area contributed by atoms with Crippen LogP contribution < -0.4 is 10.9 Å². The Bertz CT molecular complexity index is 1050. The van der Waals surface area contributed by atoms with Crippen molar-refractivity contribution in [2.24, 2.45) is 0 Å². The number of halogens is 2. The molecule has 1 aromatic heterocycles. The number of rotatable bonds is 5. The van der Waals surface area contributed by atoms with E-state index in [1.54, 1.807) is 24.3 Å². The van der Waals surface area contributed by atoms with Gasteiger partial charge in [0.15, 0.2) is 5.69 Å². The second-order valence-corrected chi connectivity index (χ2v) is 7.32. The number of aryl methyl sites for hydroxylation is 2. The van der Waals surface area contributed by atoms with E-state index in [1.807, 2.05) is 26.0 Å². The van der Waals surface area contributed by atoms with E-state index in [2.05, 4.69) is 4.98 Å². The third kappa shape index (κ3) is 4.61. The Morgan fingerprint density at radius 1 is 0.966 bits per heavy atom. The normalized spacial score (nSPS) is 10.5. The third-order valence-corrected chi connectivity index (χ3v) is 5.27. The monoisotopic (exact) mass is 427 g/mol. The molecule has 0 spiro atoms. The lowest BCUT2D eigenvalue weighted by molar-refractivity contribution is 0.0665. The SMILES string of the molecule is Cc1ccc(B(OC(=O)c2ncccc2C(=O)O)c2ccc(C)c(Cl)c2)cc1Cl. The van der Waals surface area contributed by atoms with Crippen molar-refractivity contribution >= 4 is 53.0 Å². The van der Waals surface area contributed by atoms with Gasteiger partial charge in [-0.2, -0.15) is 0 Å². The van der Waals surface area contributed by atoms with Crippen molar-refractivity contribution in [2.45, 2.75) is 13.8 Å². The minimum Gasteiger partial charge on any atom is -0.521 e. The predicted octanol–water partition coefficient (Wildman–Crippen LogP) is 3.67. The molecule has 0 aliphatic rings. The highest BCUT2D eigenvalue weighted by molar-refractivity contribution is 6.81. The maximum Gasteiger partial charge on any atom is 0.430 e. The summed E-state index contributed by atoms with van der Waals surface area (Å²) in [5.74, 6) is -2.13. The van der Waals surface area contributed by atoms with Gasteiger partial charge < -0.3 is 9.76 Å². The molecule has 0 radical (unpaired) electrons. The molecular formula is C21H16BCl2NO4. The van der Waals surface area contributed by atoms with Gasteiger partial charge in [-0.05, 0) is 60.2 Å². The van der Waals surface area contributed by atoms with Crippen LogP contribution in [0.5, 0.6) is 0 Å². The van der Waals surface area contributed by atoms with Crippen LogP contribution in [0.15, 0.2) is 54.7 Å². The van der Waals surface area contributed by atoms with Gasteiger partial charge in [0.2, 0.25) is 0 Å². The van der Waals surface area contributed by atoms with Crippen LogP contribution in [-0.2, 0) is 4.65 Å². The number of carbonyl (C=O) groups is 2. The van der Waals surface area contributed by atoms with Gasteiger partial charge in [-0.1, -0.05) is 47.5 Å². The Balaban J connectivity index is 2.06. The first-order valence-corrected chi connectivity index (χ1v) is 9.45. The zero-order valence-corrected chi connectivity index (χ0v) is 17.2. The van der Waals surface area contributed by atoms with Crippen LogP contribution >= 0.6 is 23.2 Å². The van der Waals surface area contributed by atoms with E-state index in [0.717, 1.165) is 11.1 Å². The molecule has 0 saturated carbocycles. The molecule has 0 aliphatic heterocycles. The summed E-state index contributed by atoms with van der Waals surface area (Å²) in [6.45, 7) is 2.88. The lowest BCUT2D eigenvalue weighted by Gasteiger charge is -2.17. The van der Waals surface area contributed by atoms with Gasteiger partial charge >= 0.3 is 18.9 Å². The van der Waals surface area contributed by atoms with Crippen LogP contribution in [0.4, 0.5) is 0 Å². The van der Waals surface area contributed by atoms with Gasteiger partial charge in [-0.25, -0.2) is 14.6 Å². The van der Waals surface area contributed by atoms with E-state index in [9.17, 15) is 14.7 Å². The van der Waals surface area contributed by atoms with Crippen LogP contribution in [0.2, 0.25) is 10.0 Å². The summed E-state index contributed by atoms with van der Waals surface area (Å²) in [6.07, 6.45) is 1.34. The highest BCUT2D eigenvalue weighted by Crippen LogP contribution is 2.16. The fraction of sp³-hybridized carbons (Fsp3) is 0.0952. The first kappa shape index (κ1) is 20.9. The summed E-state index contributed by atoms with van der Waals surface area (Å²) < 4.78 is 5.71. The molecular weight excluding hydrogens is 412 g/mol. The van der Waals surface area contributed by atoms with Crippen LogP contribution in [-0.4, -0.2) is 28.9 Å². The molecule has 0 unspecified atom stereocenters. The average molecular weight is 428 g/mol. The number of carbonyl (C=O) groups excluding carboxylic acids is 1. The van der Waals surface area contributed by atoms with Crippen molar-refractivity contribution in [2.75, 3.05) is 0 Å². The minimum absolute atomic E-state index is 0.236. The minimum atomic E-state index is -1.27. The summed E-state index contributed by atoms with van der Waals surface area (Å²) in [5, 5.41) is 10.4. The first-order valence-electron chi connectivity index (χ1n) is 8.69. The largest absolute Gasteiger partial charge is 0.521 e. The number of hydrogen-bond donors (Lipinski definition) is 1. The fourth-order valence-corrected chi connectivity index (χ4v) is 3.15. The number of aromatic carboxylic acids is 1. The van der Waals surface area contributed by atoms with Crippen molar-refractivity contribution in [1.29, 1.82) is 0 Å². The second-order valence-electron chi connectivity index (χ2n) is 6.51. The second kappa shape index (κ2) is 8.68. The van der Waals surface area contributed by atoms with Gasteiger partial charge in [0.25, 0.3) is 0 Å². The van der Waals surface area contributed by atoms with Crippen molar-refractivity contribution in [3.63, 3.8) is 0 Å². The van der Waals surface area contributed by atoms with E-state index in [-0.39, 0.29) is 11.3 Å². The maximum absolute atomic E-state index is 12.8. The van der Waals surface area contributed by atoms with Crippen molar-refractivity contribution in [3.8, 4) is 0 Å². The van der Waals surface area contributed by atoms with Crippen molar-refractivity contribution in [3.05, 3.63) is 87.2 Å². The highest BCUT2D eigenvalue weighted by Gasteiger charge is 2.30. The van der Waals surface area contributed by atoms with E-state index in [0.29, 0.717) is 21.0 Å². The van der Waals surface area contributed by atoms with Gasteiger partial charge in [-0.15, -0.1) is 0 Å². The molecule has 146 valence electrons. The molecule has 29 heavy (non-hydrogen) atoms. The molecule has 0 saturated heterocycles. The molecule has 8 heteroatoms. The molecule has 0 atom stereocenters. The molecule has 0 aliphatic carbocycles. The van der Waals surface area contributed by atoms with Crippen LogP contribution in [0.1, 0.15) is 32.0 Å². The Morgan fingerprint density at radius 3 is 2.00 bits per heavy atom. The number of nitrogens with zero attached hydrogens (tertiary/aromatic N) is 1. The van der Waals surface area contributed by atoms with Gasteiger partial charge in [0.1, 0.15) is 0 Å². The summed E-state index contributed by atoms with van der Waals surface area (Å²) in [5.41, 5.74) is 2.49. The van der Waals surface area contributed by atoms with Crippen LogP contribution in [0.3, 0.4) is 0 Å². The van der Waals surface area contributed by atoms with E-state index in [1.165, 1.54) is 18.3 Å². The number of carboxylic acids is 1. The van der Waals surface area contributed by atoms with Crippen LogP contribution in [0, 0.1) is 13.8 Å². The fourth-order valence-electron chi connectivity index (χ4n) is 2.78. The molecule has 2 aromatic carbocycles. The molecule has 3 aromatic rings. The molecule has 1 heterocycles. The molecule has 5 nitrogen and oxygen atoms in total. The number of benzene rings is 2. The molecule has 0 bridgehead atoms. The van der Waals surface area contributed by atoms with E-state index < -0.39 is 18.9 Å². The summed E-state index contributed by atoms with van der Waals surface area (Å²) in [4.78, 5) is 28.1. The Kier molecular flexibility index (Phi) is 6.25. The molecule has 0 fully saturated rings. The Labute approximate surface area is 178 Å². The van der Waals surface area contributed by atoms with E-state index >= 15 is 0 Å². The quantitative estimate of drug-likeness (QED) is 0.628. The summed E-state index contributed by atoms with van der Waals surface area (Å²) in [7, 11) is 0. The average Bonchev–Trinajstić information content (AvgIpc) is 2.70. The van der Waals surface area contributed by atoms with Crippen molar-refractivity contribution < 1.29 is 19.3 Å². The third-order valence-electron chi connectivity index (χ3n) is 4.45. The number of carboxylic acid groups (broad SMARTS) is 1.